The minimum Gasteiger partial charge on any atom is -0.481 e. The normalized spacial score (nSPS) is 10.0. The third kappa shape index (κ3) is 4.68. The molecule has 1 aromatic rings. The molecule has 92 valence electrons. The molecule has 0 saturated heterocycles. The summed E-state index contributed by atoms with van der Waals surface area (Å²) in [6, 6.07) is 5.78. The van der Waals surface area contributed by atoms with E-state index < -0.39 is 5.97 Å². The predicted octanol–water partition coefficient (Wildman–Crippen LogP) is 2.50. The number of nitrogens with one attached hydrogen (secondary N) is 1. The number of benzene rings is 1. The van der Waals surface area contributed by atoms with Gasteiger partial charge in [0, 0.05) is 18.5 Å². The van der Waals surface area contributed by atoms with Gasteiger partial charge < -0.3 is 10.4 Å². The Morgan fingerprint density at radius 3 is 2.53 bits per heavy atom. The van der Waals surface area contributed by atoms with E-state index in [0.717, 1.165) is 16.8 Å². The first kappa shape index (κ1) is 13.2. The smallest absolute Gasteiger partial charge is 0.303 e. The van der Waals surface area contributed by atoms with Crippen molar-refractivity contribution in [2.45, 2.75) is 33.1 Å². The van der Waals surface area contributed by atoms with E-state index in [0.29, 0.717) is 6.42 Å². The van der Waals surface area contributed by atoms with Crippen LogP contribution in [0.15, 0.2) is 18.2 Å². The van der Waals surface area contributed by atoms with Crippen LogP contribution in [0.1, 0.15) is 30.4 Å². The van der Waals surface area contributed by atoms with Gasteiger partial charge in [0.25, 0.3) is 0 Å². The number of carbonyl (C=O) groups is 2. The zero-order valence-corrected chi connectivity index (χ0v) is 10.1. The fourth-order valence-corrected chi connectivity index (χ4v) is 1.57. The lowest BCUT2D eigenvalue weighted by Crippen LogP contribution is -2.12. The molecule has 0 fully saturated rings. The molecule has 1 rings (SSSR count). The largest absolute Gasteiger partial charge is 0.481 e. The first-order valence-corrected chi connectivity index (χ1v) is 5.58. The Morgan fingerprint density at radius 2 is 1.94 bits per heavy atom. The van der Waals surface area contributed by atoms with Crippen molar-refractivity contribution in [2.75, 3.05) is 5.32 Å². The van der Waals surface area contributed by atoms with Gasteiger partial charge in [-0.2, -0.15) is 0 Å². The highest BCUT2D eigenvalue weighted by Gasteiger charge is 2.06. The van der Waals surface area contributed by atoms with Gasteiger partial charge in [-0.25, -0.2) is 0 Å². The molecule has 17 heavy (non-hydrogen) atoms. The summed E-state index contributed by atoms with van der Waals surface area (Å²) in [5.74, 6) is -1.01. The lowest BCUT2D eigenvalue weighted by atomic mass is 10.1. The van der Waals surface area contributed by atoms with Gasteiger partial charge in [-0.15, -0.1) is 0 Å². The van der Waals surface area contributed by atoms with Crippen LogP contribution < -0.4 is 5.32 Å². The molecule has 0 atom stereocenters. The van der Waals surface area contributed by atoms with Gasteiger partial charge in [0.05, 0.1) is 0 Å². The molecule has 0 aliphatic heterocycles. The minimum atomic E-state index is -0.871. The zero-order valence-electron chi connectivity index (χ0n) is 10.1. The van der Waals surface area contributed by atoms with E-state index in [-0.39, 0.29) is 18.7 Å². The molecule has 2 N–H and O–H groups in total. The molecule has 0 unspecified atom stereocenters. The molecule has 0 saturated carbocycles. The molecule has 0 aliphatic carbocycles. The van der Waals surface area contributed by atoms with Gasteiger partial charge in [-0.05, 0) is 31.9 Å². The van der Waals surface area contributed by atoms with E-state index in [1.807, 2.05) is 32.0 Å². The molecule has 0 bridgehead atoms. The van der Waals surface area contributed by atoms with E-state index in [4.69, 9.17) is 5.11 Å². The number of aliphatic carboxylic acids is 1. The van der Waals surface area contributed by atoms with Crippen molar-refractivity contribution in [2.24, 2.45) is 0 Å². The Bertz CT molecular complexity index is 427. The van der Waals surface area contributed by atoms with Gasteiger partial charge in [0.2, 0.25) is 5.91 Å². The molecule has 4 heteroatoms. The SMILES string of the molecule is Cc1ccc(NC(=O)CCCC(=O)O)c(C)c1. The molecule has 0 radical (unpaired) electrons. The quantitative estimate of drug-likeness (QED) is 0.824. The Morgan fingerprint density at radius 1 is 1.24 bits per heavy atom. The minimum absolute atomic E-state index is 0.0281. The van der Waals surface area contributed by atoms with Crippen LogP contribution in [0.3, 0.4) is 0 Å². The first-order valence-electron chi connectivity index (χ1n) is 5.58. The Kier molecular flexibility index (Phi) is 4.69. The maximum absolute atomic E-state index is 11.5. The number of carbonyl (C=O) groups excluding carboxylic acids is 1. The average Bonchev–Trinajstić information content (AvgIpc) is 2.21. The Labute approximate surface area is 101 Å². The molecule has 0 aromatic heterocycles. The number of carboxylic acid groups (broad SMARTS) is 1. The second-order valence-electron chi connectivity index (χ2n) is 4.11. The number of amides is 1. The fraction of sp³-hybridized carbons (Fsp3) is 0.385. The summed E-state index contributed by atoms with van der Waals surface area (Å²) in [4.78, 5) is 21.8. The molecule has 0 heterocycles. The van der Waals surface area contributed by atoms with Crippen LogP contribution in [-0.2, 0) is 9.59 Å². The topological polar surface area (TPSA) is 66.4 Å². The third-order valence-corrected chi connectivity index (χ3v) is 2.45. The van der Waals surface area contributed by atoms with E-state index in [1.54, 1.807) is 0 Å². The summed E-state index contributed by atoms with van der Waals surface area (Å²) in [7, 11) is 0. The molecule has 1 aromatic carbocycles. The van der Waals surface area contributed by atoms with Gasteiger partial charge in [-0.1, -0.05) is 17.7 Å². The third-order valence-electron chi connectivity index (χ3n) is 2.45. The number of rotatable bonds is 5. The average molecular weight is 235 g/mol. The summed E-state index contributed by atoms with van der Waals surface area (Å²) in [5.41, 5.74) is 2.94. The number of hydrogen-bond acceptors (Lipinski definition) is 2. The molecule has 4 nitrogen and oxygen atoms in total. The van der Waals surface area contributed by atoms with Gasteiger partial charge in [0.15, 0.2) is 0 Å². The highest BCUT2D eigenvalue weighted by Crippen LogP contribution is 2.16. The van der Waals surface area contributed by atoms with Crippen LogP contribution in [-0.4, -0.2) is 17.0 Å². The second kappa shape index (κ2) is 6.03. The fourth-order valence-electron chi connectivity index (χ4n) is 1.57. The van der Waals surface area contributed by atoms with Crippen molar-refractivity contribution in [1.82, 2.24) is 0 Å². The van der Waals surface area contributed by atoms with Crippen molar-refractivity contribution < 1.29 is 14.7 Å². The van der Waals surface area contributed by atoms with Crippen LogP contribution in [0.2, 0.25) is 0 Å². The highest BCUT2D eigenvalue weighted by molar-refractivity contribution is 5.91. The standard InChI is InChI=1S/C13H17NO3/c1-9-6-7-11(10(2)8-9)14-12(15)4-3-5-13(16)17/h6-8H,3-5H2,1-2H3,(H,14,15)(H,16,17). The van der Waals surface area contributed by atoms with Gasteiger partial charge >= 0.3 is 5.97 Å². The van der Waals surface area contributed by atoms with E-state index in [9.17, 15) is 9.59 Å². The number of carboxylic acids is 1. The summed E-state index contributed by atoms with van der Waals surface area (Å²) in [5, 5.41) is 11.2. The van der Waals surface area contributed by atoms with Crippen LogP contribution in [0.4, 0.5) is 5.69 Å². The van der Waals surface area contributed by atoms with E-state index >= 15 is 0 Å². The van der Waals surface area contributed by atoms with Crippen LogP contribution in [0, 0.1) is 13.8 Å². The molecule has 0 spiro atoms. The summed E-state index contributed by atoms with van der Waals surface area (Å²) >= 11 is 0. The summed E-state index contributed by atoms with van der Waals surface area (Å²) < 4.78 is 0. The maximum atomic E-state index is 11.5. The molecular weight excluding hydrogens is 218 g/mol. The number of anilines is 1. The predicted molar refractivity (Wildman–Crippen MR) is 66.0 cm³/mol. The van der Waals surface area contributed by atoms with Crippen molar-refractivity contribution >= 4 is 17.6 Å². The number of hydrogen-bond donors (Lipinski definition) is 2. The lowest BCUT2D eigenvalue weighted by Gasteiger charge is -2.08. The van der Waals surface area contributed by atoms with Crippen molar-refractivity contribution in [3.63, 3.8) is 0 Å². The monoisotopic (exact) mass is 235 g/mol. The van der Waals surface area contributed by atoms with E-state index in [2.05, 4.69) is 5.32 Å². The van der Waals surface area contributed by atoms with Crippen molar-refractivity contribution in [1.29, 1.82) is 0 Å². The van der Waals surface area contributed by atoms with Gasteiger partial charge in [-0.3, -0.25) is 9.59 Å². The van der Waals surface area contributed by atoms with Crippen molar-refractivity contribution in [3.8, 4) is 0 Å². The molecular formula is C13H17NO3. The summed E-state index contributed by atoms with van der Waals surface area (Å²) in [6.45, 7) is 3.92. The Balaban J connectivity index is 2.48. The maximum Gasteiger partial charge on any atom is 0.303 e. The van der Waals surface area contributed by atoms with Crippen molar-refractivity contribution in [3.05, 3.63) is 29.3 Å². The van der Waals surface area contributed by atoms with Gasteiger partial charge in [0.1, 0.15) is 0 Å². The summed E-state index contributed by atoms with van der Waals surface area (Å²) in [6.07, 6.45) is 0.631. The Hall–Kier alpha value is -1.84. The zero-order chi connectivity index (χ0) is 12.8. The number of aryl methyl sites for hydroxylation is 2. The van der Waals surface area contributed by atoms with Crippen LogP contribution in [0.25, 0.3) is 0 Å². The lowest BCUT2D eigenvalue weighted by molar-refractivity contribution is -0.137. The van der Waals surface area contributed by atoms with Crippen LogP contribution >= 0.6 is 0 Å². The molecule has 0 aliphatic rings. The highest BCUT2D eigenvalue weighted by atomic mass is 16.4. The first-order chi connectivity index (χ1) is 7.99. The van der Waals surface area contributed by atoms with E-state index in [1.165, 1.54) is 0 Å². The molecule has 1 amide bonds. The van der Waals surface area contributed by atoms with Crippen LogP contribution in [0.5, 0.6) is 0 Å². The second-order valence-corrected chi connectivity index (χ2v) is 4.11.